The van der Waals surface area contributed by atoms with Crippen molar-refractivity contribution < 1.29 is 13.2 Å². The van der Waals surface area contributed by atoms with Crippen molar-refractivity contribution in [1.82, 2.24) is 4.31 Å². The van der Waals surface area contributed by atoms with Crippen molar-refractivity contribution in [3.8, 4) is 0 Å². The second-order valence-electron chi connectivity index (χ2n) is 3.52. The van der Waals surface area contributed by atoms with Crippen LogP contribution in [0.3, 0.4) is 0 Å². The minimum absolute atomic E-state index is 0.0491. The molecule has 0 amide bonds. The highest BCUT2D eigenvalue weighted by molar-refractivity contribution is 9.09. The number of carbonyl (C=O) groups excluding carboxylic acids is 1. The summed E-state index contributed by atoms with van der Waals surface area (Å²) >= 11 is 3.07. The highest BCUT2D eigenvalue weighted by Crippen LogP contribution is 2.13. The van der Waals surface area contributed by atoms with Crippen molar-refractivity contribution in [1.29, 1.82) is 0 Å². The fraction of sp³-hybridized carbons (Fsp3) is 0.300. The molecule has 17 heavy (non-hydrogen) atoms. The van der Waals surface area contributed by atoms with Crippen LogP contribution >= 0.6 is 15.9 Å². The Kier molecular flexibility index (Phi) is 4.67. The molecule has 0 aliphatic rings. The summed E-state index contributed by atoms with van der Waals surface area (Å²) in [6.45, 7) is 0. The third kappa shape index (κ3) is 3.79. The van der Waals surface area contributed by atoms with E-state index in [1.807, 2.05) is 0 Å². The van der Waals surface area contributed by atoms with Gasteiger partial charge in [-0.3, -0.25) is 9.52 Å². The van der Waals surface area contributed by atoms with E-state index in [2.05, 4.69) is 20.7 Å². The second kappa shape index (κ2) is 5.61. The van der Waals surface area contributed by atoms with E-state index in [-0.39, 0.29) is 11.1 Å². The summed E-state index contributed by atoms with van der Waals surface area (Å²) in [5, 5.41) is 0.246. The van der Waals surface area contributed by atoms with Gasteiger partial charge < -0.3 is 0 Å². The molecular formula is C10H13BrN2O3S. The molecule has 1 aromatic carbocycles. The molecule has 5 nitrogen and oxygen atoms in total. The average molecular weight is 321 g/mol. The van der Waals surface area contributed by atoms with Crippen molar-refractivity contribution in [3.63, 3.8) is 0 Å². The molecule has 0 unspecified atom stereocenters. The molecule has 1 N–H and O–H groups in total. The predicted molar refractivity (Wildman–Crippen MR) is 70.8 cm³/mol. The zero-order valence-electron chi connectivity index (χ0n) is 9.47. The number of nitrogens with one attached hydrogen (secondary N) is 1. The number of Topliss-reactive ketones (excluding diaryl/α,β-unsaturated/α-hetero) is 1. The van der Waals surface area contributed by atoms with Crippen LogP contribution in [-0.4, -0.2) is 37.9 Å². The number of nitrogens with zero attached hydrogens (tertiary/aromatic N) is 1. The Morgan fingerprint density at radius 1 is 1.29 bits per heavy atom. The highest BCUT2D eigenvalue weighted by atomic mass is 79.9. The van der Waals surface area contributed by atoms with Crippen LogP contribution in [0.1, 0.15) is 10.4 Å². The lowest BCUT2D eigenvalue weighted by molar-refractivity contribution is 0.102. The van der Waals surface area contributed by atoms with Gasteiger partial charge in [-0.1, -0.05) is 15.9 Å². The zero-order valence-corrected chi connectivity index (χ0v) is 11.9. The molecule has 0 aliphatic heterocycles. The predicted octanol–water partition coefficient (Wildman–Crippen LogP) is 1.48. The molecule has 7 heteroatoms. The summed E-state index contributed by atoms with van der Waals surface area (Å²) in [5.74, 6) is -0.0491. The molecule has 0 aliphatic carbocycles. The molecule has 0 fully saturated rings. The molecule has 0 aromatic heterocycles. The Labute approximate surface area is 109 Å². The minimum Gasteiger partial charge on any atom is -0.293 e. The van der Waals surface area contributed by atoms with E-state index in [1.165, 1.54) is 14.1 Å². The fourth-order valence-corrected chi connectivity index (χ4v) is 1.98. The van der Waals surface area contributed by atoms with E-state index in [9.17, 15) is 13.2 Å². The van der Waals surface area contributed by atoms with Gasteiger partial charge in [0.2, 0.25) is 0 Å². The minimum atomic E-state index is -3.50. The number of carbonyl (C=O) groups is 1. The summed E-state index contributed by atoms with van der Waals surface area (Å²) in [5.41, 5.74) is 0.958. The molecule has 0 radical (unpaired) electrons. The van der Waals surface area contributed by atoms with Crippen LogP contribution in [0.15, 0.2) is 24.3 Å². The Bertz CT molecular complexity index is 497. The largest absolute Gasteiger partial charge is 0.301 e. The van der Waals surface area contributed by atoms with Crippen LogP contribution in [-0.2, 0) is 10.2 Å². The smallest absolute Gasteiger partial charge is 0.293 e. The van der Waals surface area contributed by atoms with Crippen LogP contribution in [0.25, 0.3) is 0 Å². The maximum absolute atomic E-state index is 11.5. The molecule has 0 spiro atoms. The van der Waals surface area contributed by atoms with Crippen LogP contribution < -0.4 is 4.72 Å². The van der Waals surface area contributed by atoms with E-state index in [1.54, 1.807) is 24.3 Å². The molecule has 0 saturated heterocycles. The summed E-state index contributed by atoms with van der Waals surface area (Å²) in [7, 11) is -0.630. The first-order valence-corrected chi connectivity index (χ1v) is 7.32. The number of alkyl halides is 1. The van der Waals surface area contributed by atoms with Gasteiger partial charge in [0.05, 0.1) is 5.33 Å². The molecular weight excluding hydrogens is 308 g/mol. The summed E-state index contributed by atoms with van der Waals surface area (Å²) < 4.78 is 26.5. The number of ketones is 1. The maximum Gasteiger partial charge on any atom is 0.301 e. The van der Waals surface area contributed by atoms with Crippen LogP contribution in [0.4, 0.5) is 5.69 Å². The first-order valence-electron chi connectivity index (χ1n) is 4.76. The number of rotatable bonds is 5. The number of hydrogen-bond acceptors (Lipinski definition) is 3. The van der Waals surface area contributed by atoms with Gasteiger partial charge in [-0.25, -0.2) is 0 Å². The SMILES string of the molecule is CN(C)S(=O)(=O)Nc1ccc(C(=O)CBr)cc1. The number of benzene rings is 1. The lowest BCUT2D eigenvalue weighted by Crippen LogP contribution is -2.28. The van der Waals surface area contributed by atoms with Crippen molar-refractivity contribution in [3.05, 3.63) is 29.8 Å². The van der Waals surface area contributed by atoms with Crippen LogP contribution in [0.5, 0.6) is 0 Å². The average Bonchev–Trinajstić information content (AvgIpc) is 2.28. The standard InChI is InChI=1S/C10H13BrN2O3S/c1-13(2)17(15,16)12-9-5-3-8(4-6-9)10(14)7-11/h3-6,12H,7H2,1-2H3. The highest BCUT2D eigenvalue weighted by Gasteiger charge is 2.13. The van der Waals surface area contributed by atoms with E-state index in [4.69, 9.17) is 0 Å². The Hall–Kier alpha value is -0.920. The van der Waals surface area contributed by atoms with Gasteiger partial charge in [-0.15, -0.1) is 0 Å². The molecule has 0 bridgehead atoms. The Balaban J connectivity index is 2.86. The van der Waals surface area contributed by atoms with Gasteiger partial charge in [0.15, 0.2) is 5.78 Å². The molecule has 0 saturated carbocycles. The van der Waals surface area contributed by atoms with Crippen LogP contribution in [0.2, 0.25) is 0 Å². The second-order valence-corrected chi connectivity index (χ2v) is 5.97. The van der Waals surface area contributed by atoms with Gasteiger partial charge in [0.1, 0.15) is 0 Å². The van der Waals surface area contributed by atoms with Gasteiger partial charge in [0.25, 0.3) is 0 Å². The first-order chi connectivity index (χ1) is 7.86. The molecule has 94 valence electrons. The third-order valence-electron chi connectivity index (χ3n) is 2.06. The van der Waals surface area contributed by atoms with E-state index in [0.29, 0.717) is 11.3 Å². The van der Waals surface area contributed by atoms with Gasteiger partial charge >= 0.3 is 10.2 Å². The summed E-state index contributed by atoms with van der Waals surface area (Å²) in [6.07, 6.45) is 0. The molecule has 0 atom stereocenters. The topological polar surface area (TPSA) is 66.5 Å². The van der Waals surface area contributed by atoms with Crippen molar-refractivity contribution in [2.24, 2.45) is 0 Å². The molecule has 0 heterocycles. The molecule has 1 rings (SSSR count). The van der Waals surface area contributed by atoms with Gasteiger partial charge in [0, 0.05) is 25.3 Å². The van der Waals surface area contributed by atoms with Crippen molar-refractivity contribution in [2.45, 2.75) is 0 Å². The number of halogens is 1. The van der Waals surface area contributed by atoms with Crippen molar-refractivity contribution in [2.75, 3.05) is 24.1 Å². The lowest BCUT2D eigenvalue weighted by atomic mass is 10.1. The quantitative estimate of drug-likeness (QED) is 0.660. The fourth-order valence-electron chi connectivity index (χ4n) is 1.04. The monoisotopic (exact) mass is 320 g/mol. The number of anilines is 1. The summed E-state index contributed by atoms with van der Waals surface area (Å²) in [6, 6.07) is 6.27. The van der Waals surface area contributed by atoms with E-state index in [0.717, 1.165) is 4.31 Å². The Morgan fingerprint density at radius 3 is 2.24 bits per heavy atom. The number of hydrogen-bond donors (Lipinski definition) is 1. The normalized spacial score (nSPS) is 11.5. The van der Waals surface area contributed by atoms with Gasteiger partial charge in [-0.2, -0.15) is 12.7 Å². The maximum atomic E-state index is 11.5. The first kappa shape index (κ1) is 14.1. The van der Waals surface area contributed by atoms with Crippen LogP contribution in [0, 0.1) is 0 Å². The van der Waals surface area contributed by atoms with Gasteiger partial charge in [-0.05, 0) is 24.3 Å². The lowest BCUT2D eigenvalue weighted by Gasteiger charge is -2.13. The van der Waals surface area contributed by atoms with Crippen molar-refractivity contribution >= 4 is 37.6 Å². The zero-order chi connectivity index (χ0) is 13.1. The Morgan fingerprint density at radius 2 is 1.82 bits per heavy atom. The van der Waals surface area contributed by atoms with E-state index < -0.39 is 10.2 Å². The molecule has 1 aromatic rings. The third-order valence-corrected chi connectivity index (χ3v) is 4.02. The van der Waals surface area contributed by atoms with E-state index >= 15 is 0 Å². The summed E-state index contributed by atoms with van der Waals surface area (Å²) in [4.78, 5) is 11.3.